The van der Waals surface area contributed by atoms with E-state index >= 15 is 0 Å². The molecule has 1 aromatic carbocycles. The van der Waals surface area contributed by atoms with E-state index in [1.165, 1.54) is 16.4 Å². The van der Waals surface area contributed by atoms with E-state index in [0.717, 1.165) is 5.56 Å². The molecule has 104 valence electrons. The van der Waals surface area contributed by atoms with Crippen molar-refractivity contribution in [1.29, 1.82) is 0 Å². The predicted octanol–water partition coefficient (Wildman–Crippen LogP) is 0.0878. The van der Waals surface area contributed by atoms with Crippen LogP contribution in [0.4, 0.5) is 5.69 Å². The first-order valence-electron chi connectivity index (χ1n) is 6.04. The lowest BCUT2D eigenvalue weighted by Crippen LogP contribution is -2.37. The molecule has 7 heteroatoms. The molecule has 0 radical (unpaired) electrons. The van der Waals surface area contributed by atoms with E-state index in [0.29, 0.717) is 25.2 Å². The Morgan fingerprint density at radius 2 is 2.11 bits per heavy atom. The van der Waals surface area contributed by atoms with Crippen LogP contribution in [0.25, 0.3) is 0 Å². The van der Waals surface area contributed by atoms with Gasteiger partial charge in [-0.3, -0.25) is 4.79 Å². The van der Waals surface area contributed by atoms with Crippen LogP contribution < -0.4 is 11.1 Å². The lowest BCUT2D eigenvalue weighted by molar-refractivity contribution is -0.120. The highest BCUT2D eigenvalue weighted by Crippen LogP contribution is 2.21. The summed E-state index contributed by atoms with van der Waals surface area (Å²) in [5.74, 6) is -0.277. The minimum Gasteiger partial charge on any atom is -0.398 e. The minimum atomic E-state index is -3.67. The third kappa shape index (κ3) is 2.87. The van der Waals surface area contributed by atoms with E-state index in [1.54, 1.807) is 6.07 Å². The van der Waals surface area contributed by atoms with Crippen molar-refractivity contribution < 1.29 is 13.2 Å². The standard InChI is InChI=1S/C12H17N3O3S/c1-9-3-4-10(7-11(9)13)19(17,18)15-6-2-5-14-12(16)8-15/h3-4,7H,2,5-6,8,13H2,1H3,(H,14,16). The quantitative estimate of drug-likeness (QED) is 0.752. The van der Waals surface area contributed by atoms with E-state index in [2.05, 4.69) is 5.32 Å². The third-order valence-electron chi connectivity index (χ3n) is 3.11. The summed E-state index contributed by atoms with van der Waals surface area (Å²) in [6, 6.07) is 4.62. The van der Waals surface area contributed by atoms with Gasteiger partial charge in [0.1, 0.15) is 0 Å². The zero-order valence-electron chi connectivity index (χ0n) is 10.7. The zero-order valence-corrected chi connectivity index (χ0v) is 11.5. The van der Waals surface area contributed by atoms with Crippen LogP contribution in [0.1, 0.15) is 12.0 Å². The second-order valence-electron chi connectivity index (χ2n) is 4.56. The number of anilines is 1. The first-order valence-corrected chi connectivity index (χ1v) is 7.48. The number of amides is 1. The molecule has 1 aliphatic heterocycles. The summed E-state index contributed by atoms with van der Waals surface area (Å²) in [7, 11) is -3.67. The van der Waals surface area contributed by atoms with E-state index in [1.807, 2.05) is 6.92 Å². The molecule has 0 saturated carbocycles. The van der Waals surface area contributed by atoms with E-state index in [4.69, 9.17) is 5.73 Å². The fraction of sp³-hybridized carbons (Fsp3) is 0.417. The van der Waals surface area contributed by atoms with E-state index in [-0.39, 0.29) is 17.3 Å². The number of carbonyl (C=O) groups excluding carboxylic acids is 1. The summed E-state index contributed by atoms with van der Waals surface area (Å²) in [6.45, 7) is 2.50. The van der Waals surface area contributed by atoms with Crippen LogP contribution in [-0.4, -0.2) is 38.3 Å². The number of benzene rings is 1. The summed E-state index contributed by atoms with van der Waals surface area (Å²) in [5, 5.41) is 2.65. The molecule has 6 nitrogen and oxygen atoms in total. The summed E-state index contributed by atoms with van der Waals surface area (Å²) < 4.78 is 26.1. The summed E-state index contributed by atoms with van der Waals surface area (Å²) in [6.07, 6.45) is 0.603. The molecule has 3 N–H and O–H groups in total. The Morgan fingerprint density at radius 1 is 1.37 bits per heavy atom. The molecule has 0 bridgehead atoms. The van der Waals surface area contributed by atoms with Crippen molar-refractivity contribution in [3.8, 4) is 0 Å². The monoisotopic (exact) mass is 283 g/mol. The number of nitrogens with two attached hydrogens (primary N) is 1. The average Bonchev–Trinajstić information content (AvgIpc) is 2.57. The number of nitrogen functional groups attached to an aromatic ring is 1. The maximum absolute atomic E-state index is 12.4. The Balaban J connectivity index is 2.35. The fourth-order valence-corrected chi connectivity index (χ4v) is 3.38. The molecule has 0 aromatic heterocycles. The summed E-state index contributed by atoms with van der Waals surface area (Å²) in [5.41, 5.74) is 7.00. The molecular formula is C12H17N3O3S. The second-order valence-corrected chi connectivity index (χ2v) is 6.50. The van der Waals surface area contributed by atoms with Crippen LogP contribution in [0.15, 0.2) is 23.1 Å². The number of sulfonamides is 1. The maximum Gasteiger partial charge on any atom is 0.243 e. The van der Waals surface area contributed by atoms with Crippen LogP contribution in [0, 0.1) is 6.92 Å². The van der Waals surface area contributed by atoms with Crippen molar-refractivity contribution in [3.63, 3.8) is 0 Å². The molecule has 1 saturated heterocycles. The van der Waals surface area contributed by atoms with Gasteiger partial charge in [-0.2, -0.15) is 4.31 Å². The Kier molecular flexibility index (Phi) is 3.77. The number of nitrogens with zero attached hydrogens (tertiary/aromatic N) is 1. The van der Waals surface area contributed by atoms with Gasteiger partial charge in [0.25, 0.3) is 0 Å². The SMILES string of the molecule is Cc1ccc(S(=O)(=O)N2CCCNC(=O)C2)cc1N. The van der Waals surface area contributed by atoms with Crippen molar-refractivity contribution in [1.82, 2.24) is 9.62 Å². The Hall–Kier alpha value is -1.60. The zero-order chi connectivity index (χ0) is 14.0. The highest BCUT2D eigenvalue weighted by Gasteiger charge is 2.28. The molecule has 2 rings (SSSR count). The number of hydrogen-bond acceptors (Lipinski definition) is 4. The Morgan fingerprint density at radius 3 is 2.79 bits per heavy atom. The normalized spacial score (nSPS) is 17.8. The van der Waals surface area contributed by atoms with Gasteiger partial charge in [0.2, 0.25) is 15.9 Å². The van der Waals surface area contributed by atoms with E-state index in [9.17, 15) is 13.2 Å². The predicted molar refractivity (Wildman–Crippen MR) is 72.0 cm³/mol. The van der Waals surface area contributed by atoms with Gasteiger partial charge < -0.3 is 11.1 Å². The smallest absolute Gasteiger partial charge is 0.243 e. The summed E-state index contributed by atoms with van der Waals surface area (Å²) in [4.78, 5) is 11.6. The molecule has 0 spiro atoms. The lowest BCUT2D eigenvalue weighted by atomic mass is 10.2. The van der Waals surface area contributed by atoms with Crippen LogP contribution in [0.5, 0.6) is 0 Å². The molecule has 1 aliphatic rings. The number of nitrogens with one attached hydrogen (secondary N) is 1. The average molecular weight is 283 g/mol. The molecule has 19 heavy (non-hydrogen) atoms. The van der Waals surface area contributed by atoms with Crippen LogP contribution in [0.2, 0.25) is 0 Å². The molecule has 0 aliphatic carbocycles. The van der Waals surface area contributed by atoms with Crippen LogP contribution in [0.3, 0.4) is 0 Å². The molecule has 0 unspecified atom stereocenters. The van der Waals surface area contributed by atoms with E-state index < -0.39 is 10.0 Å². The van der Waals surface area contributed by atoms with Gasteiger partial charge >= 0.3 is 0 Å². The number of hydrogen-bond donors (Lipinski definition) is 2. The van der Waals surface area contributed by atoms with Gasteiger partial charge in [-0.1, -0.05) is 6.07 Å². The molecule has 1 amide bonds. The fourth-order valence-electron chi connectivity index (χ4n) is 1.91. The lowest BCUT2D eigenvalue weighted by Gasteiger charge is -2.19. The summed E-state index contributed by atoms with van der Waals surface area (Å²) >= 11 is 0. The third-order valence-corrected chi connectivity index (χ3v) is 4.96. The van der Waals surface area contributed by atoms with Gasteiger partial charge in [0, 0.05) is 18.8 Å². The molecule has 1 heterocycles. The van der Waals surface area contributed by atoms with Gasteiger partial charge in [0.15, 0.2) is 0 Å². The van der Waals surface area contributed by atoms with Gasteiger partial charge in [-0.25, -0.2) is 8.42 Å². The van der Waals surface area contributed by atoms with Gasteiger partial charge in [-0.05, 0) is 31.0 Å². The second kappa shape index (κ2) is 5.18. The van der Waals surface area contributed by atoms with Crippen molar-refractivity contribution in [2.75, 3.05) is 25.4 Å². The number of carbonyl (C=O) groups is 1. The van der Waals surface area contributed by atoms with Crippen LogP contribution >= 0.6 is 0 Å². The number of aryl methyl sites for hydroxylation is 1. The van der Waals surface area contributed by atoms with Crippen molar-refractivity contribution in [2.24, 2.45) is 0 Å². The van der Waals surface area contributed by atoms with Crippen molar-refractivity contribution >= 4 is 21.6 Å². The molecule has 1 aromatic rings. The largest absolute Gasteiger partial charge is 0.398 e. The highest BCUT2D eigenvalue weighted by atomic mass is 32.2. The maximum atomic E-state index is 12.4. The topological polar surface area (TPSA) is 92.5 Å². The first kappa shape index (κ1) is 13.8. The Bertz CT molecular complexity index is 598. The molecular weight excluding hydrogens is 266 g/mol. The molecule has 0 atom stereocenters. The molecule has 1 fully saturated rings. The number of rotatable bonds is 2. The Labute approximate surface area is 112 Å². The van der Waals surface area contributed by atoms with Crippen molar-refractivity contribution in [2.45, 2.75) is 18.2 Å². The van der Waals surface area contributed by atoms with Crippen LogP contribution in [-0.2, 0) is 14.8 Å². The highest BCUT2D eigenvalue weighted by molar-refractivity contribution is 7.89. The first-order chi connectivity index (χ1) is 8.91. The van der Waals surface area contributed by atoms with Gasteiger partial charge in [-0.15, -0.1) is 0 Å². The van der Waals surface area contributed by atoms with Crippen molar-refractivity contribution in [3.05, 3.63) is 23.8 Å². The minimum absolute atomic E-state index is 0.130. The van der Waals surface area contributed by atoms with Gasteiger partial charge in [0.05, 0.1) is 11.4 Å².